The third-order valence-electron chi connectivity index (χ3n) is 1.31. The highest BCUT2D eigenvalue weighted by molar-refractivity contribution is 7.51. The summed E-state index contributed by atoms with van der Waals surface area (Å²) in [6.45, 7) is 0. The Morgan fingerprint density at radius 3 is 2.54 bits per heavy atom. The summed E-state index contributed by atoms with van der Waals surface area (Å²) in [5.74, 6) is -3.25. The number of carbonyl (C=O) groups excluding carboxylic acids is 1. The standard InChI is InChI=1S/C5H6O6P2/c6-4-2(1-3(12)11-4)5(7)13(8,9)10/h1,5,7,12H,(H2,8,9,10)/p-1. The molecule has 0 bridgehead atoms. The highest BCUT2D eigenvalue weighted by Gasteiger charge is 2.32. The van der Waals surface area contributed by atoms with Crippen molar-refractivity contribution in [2.45, 2.75) is 5.85 Å². The smallest absolute Gasteiger partial charge is 0.343 e. The molecule has 2 N–H and O–H groups in total. The molecule has 0 aromatic rings. The van der Waals surface area contributed by atoms with Crippen LogP contribution in [0.1, 0.15) is 0 Å². The molecule has 8 heteroatoms. The van der Waals surface area contributed by atoms with Crippen molar-refractivity contribution in [3.05, 3.63) is 11.6 Å². The van der Waals surface area contributed by atoms with Crippen molar-refractivity contribution in [1.29, 1.82) is 0 Å². The van der Waals surface area contributed by atoms with E-state index in [0.717, 1.165) is 6.08 Å². The monoisotopic (exact) mass is 223 g/mol. The number of ether oxygens (including phenoxy) is 1. The first-order chi connectivity index (χ1) is 5.82. The Labute approximate surface area is 75.2 Å². The molecular weight excluding hydrogens is 218 g/mol. The van der Waals surface area contributed by atoms with E-state index in [0.29, 0.717) is 0 Å². The van der Waals surface area contributed by atoms with Gasteiger partial charge < -0.3 is 24.2 Å². The third kappa shape index (κ3) is 2.24. The van der Waals surface area contributed by atoms with Gasteiger partial charge in [-0.3, -0.25) is 0 Å². The van der Waals surface area contributed by atoms with Crippen LogP contribution in [0.5, 0.6) is 0 Å². The Kier molecular flexibility index (Phi) is 2.71. The summed E-state index contributed by atoms with van der Waals surface area (Å²) in [5.41, 5.74) is -0.543. The van der Waals surface area contributed by atoms with E-state index in [2.05, 4.69) is 13.6 Å². The molecule has 1 aliphatic heterocycles. The van der Waals surface area contributed by atoms with E-state index in [1.165, 1.54) is 0 Å². The van der Waals surface area contributed by atoms with Crippen LogP contribution in [-0.4, -0.2) is 27.3 Å². The van der Waals surface area contributed by atoms with Crippen LogP contribution in [0.3, 0.4) is 0 Å². The van der Waals surface area contributed by atoms with E-state index in [9.17, 15) is 14.3 Å². The minimum Gasteiger partial charge on any atom is -0.777 e. The fraction of sp³-hybridized carbons (Fsp3) is 0.200. The molecule has 2 atom stereocenters. The minimum atomic E-state index is -4.97. The number of cyclic esters (lactones) is 1. The number of aliphatic hydroxyl groups excluding tert-OH is 1. The van der Waals surface area contributed by atoms with Crippen LogP contribution in [0.15, 0.2) is 11.6 Å². The molecule has 1 aliphatic rings. The van der Waals surface area contributed by atoms with E-state index in [1.54, 1.807) is 0 Å². The van der Waals surface area contributed by atoms with Gasteiger partial charge in [0.15, 0.2) is 7.60 Å². The number of esters is 1. The van der Waals surface area contributed by atoms with Crippen molar-refractivity contribution >= 4 is 27.9 Å². The van der Waals surface area contributed by atoms with E-state index in [1.807, 2.05) is 0 Å². The second-order valence-electron chi connectivity index (χ2n) is 2.29. The van der Waals surface area contributed by atoms with E-state index < -0.39 is 25.0 Å². The Morgan fingerprint density at radius 2 is 2.23 bits per heavy atom. The fourth-order valence-electron chi connectivity index (χ4n) is 0.744. The maximum Gasteiger partial charge on any atom is 0.343 e. The summed E-state index contributed by atoms with van der Waals surface area (Å²) in [7, 11) is -2.15. The number of hydrogen-bond donors (Lipinski definition) is 2. The predicted molar refractivity (Wildman–Crippen MR) is 43.3 cm³/mol. The Balaban J connectivity index is 2.97. The molecule has 0 saturated heterocycles. The van der Waals surface area contributed by atoms with Crippen LogP contribution in [0.2, 0.25) is 0 Å². The SMILES string of the molecule is O=C1OC(=P)C=C1C(O)P(=O)([O-])O. The number of rotatable bonds is 2. The molecule has 6 nitrogen and oxygen atoms in total. The summed E-state index contributed by atoms with van der Waals surface area (Å²) < 4.78 is 14.8. The second-order valence-corrected chi connectivity index (χ2v) is 4.40. The molecule has 0 amide bonds. The Morgan fingerprint density at radius 1 is 1.69 bits per heavy atom. The molecule has 2 unspecified atom stereocenters. The lowest BCUT2D eigenvalue weighted by Crippen LogP contribution is -2.21. The largest absolute Gasteiger partial charge is 0.777 e. The second kappa shape index (κ2) is 3.33. The molecule has 0 aromatic carbocycles. The molecule has 1 rings (SSSR count). The Bertz CT molecular complexity index is 339. The topological polar surface area (TPSA) is 107 Å². The predicted octanol–water partition coefficient (Wildman–Crippen LogP) is -1.39. The summed E-state index contributed by atoms with van der Waals surface area (Å²) in [6, 6.07) is 0. The van der Waals surface area contributed by atoms with Gasteiger partial charge in [-0.2, -0.15) is 0 Å². The van der Waals surface area contributed by atoms with Crippen molar-refractivity contribution in [3.63, 3.8) is 0 Å². The summed E-state index contributed by atoms with van der Waals surface area (Å²) >= 11 is 0. The van der Waals surface area contributed by atoms with Crippen molar-refractivity contribution < 1.29 is 29.0 Å². The van der Waals surface area contributed by atoms with Crippen molar-refractivity contribution in [1.82, 2.24) is 0 Å². The normalized spacial score (nSPS) is 23.5. The lowest BCUT2D eigenvalue weighted by molar-refractivity contribution is -0.201. The minimum absolute atomic E-state index is 0.0208. The molecule has 0 saturated carbocycles. The van der Waals surface area contributed by atoms with Crippen LogP contribution in [0.4, 0.5) is 0 Å². The highest BCUT2D eigenvalue weighted by Crippen LogP contribution is 2.40. The molecule has 0 spiro atoms. The average molecular weight is 223 g/mol. The highest BCUT2D eigenvalue weighted by atomic mass is 31.2. The molecule has 1 heterocycles. The van der Waals surface area contributed by atoms with Gasteiger partial charge in [-0.15, -0.1) is 0 Å². The average Bonchev–Trinajstić information content (AvgIpc) is 2.26. The van der Waals surface area contributed by atoms with Crippen LogP contribution in [0.25, 0.3) is 0 Å². The molecule has 0 aromatic heterocycles. The molecule has 0 radical (unpaired) electrons. The summed E-state index contributed by atoms with van der Waals surface area (Å²) in [6.07, 6.45) is 0.977. The quantitative estimate of drug-likeness (QED) is 0.440. The number of aliphatic hydroxyl groups is 1. The van der Waals surface area contributed by atoms with Crippen molar-refractivity contribution in [3.8, 4) is 0 Å². The van der Waals surface area contributed by atoms with Gasteiger partial charge in [0.25, 0.3) is 0 Å². The lowest BCUT2D eigenvalue weighted by Gasteiger charge is -2.21. The molecule has 0 fully saturated rings. The van der Waals surface area contributed by atoms with Gasteiger partial charge >= 0.3 is 5.97 Å². The van der Waals surface area contributed by atoms with Gasteiger partial charge in [0, 0.05) is 0 Å². The van der Waals surface area contributed by atoms with Crippen LogP contribution < -0.4 is 4.89 Å². The summed E-state index contributed by atoms with van der Waals surface area (Å²) in [5, 5.41) is 8.94. The maximum absolute atomic E-state index is 10.8. The van der Waals surface area contributed by atoms with Gasteiger partial charge in [0.2, 0.25) is 0 Å². The Hall–Kier alpha value is -0.510. The van der Waals surface area contributed by atoms with E-state index >= 15 is 0 Å². The first-order valence-corrected chi connectivity index (χ1v) is 5.21. The van der Waals surface area contributed by atoms with Crippen molar-refractivity contribution in [2.24, 2.45) is 0 Å². The lowest BCUT2D eigenvalue weighted by atomic mass is 10.3. The van der Waals surface area contributed by atoms with E-state index in [-0.39, 0.29) is 5.48 Å². The summed E-state index contributed by atoms with van der Waals surface area (Å²) in [4.78, 5) is 29.7. The van der Waals surface area contributed by atoms with Gasteiger partial charge in [-0.1, -0.05) is 8.86 Å². The molecule has 72 valence electrons. The number of hydrogen-bond acceptors (Lipinski definition) is 5. The number of carbonyl (C=O) groups is 1. The van der Waals surface area contributed by atoms with E-state index in [4.69, 9.17) is 10.00 Å². The molecule has 0 aliphatic carbocycles. The van der Waals surface area contributed by atoms with Crippen LogP contribution >= 0.6 is 16.5 Å². The zero-order valence-corrected chi connectivity index (χ0v) is 8.02. The van der Waals surface area contributed by atoms with Gasteiger partial charge in [0.05, 0.1) is 5.57 Å². The molecular formula is C5H5O6P2-. The first-order valence-electron chi connectivity index (χ1n) is 3.06. The first kappa shape index (κ1) is 10.6. The fourth-order valence-corrected chi connectivity index (χ4v) is 1.52. The zero-order chi connectivity index (χ0) is 10.2. The third-order valence-corrected chi connectivity index (χ3v) is 2.45. The van der Waals surface area contributed by atoms with Crippen LogP contribution in [0, 0.1) is 0 Å². The van der Waals surface area contributed by atoms with Gasteiger partial charge in [-0.25, -0.2) is 4.79 Å². The van der Waals surface area contributed by atoms with Gasteiger partial charge in [-0.05, 0) is 6.08 Å². The van der Waals surface area contributed by atoms with Gasteiger partial charge in [0.1, 0.15) is 11.3 Å². The maximum atomic E-state index is 10.8. The van der Waals surface area contributed by atoms with Crippen molar-refractivity contribution in [2.75, 3.05) is 0 Å². The van der Waals surface area contributed by atoms with Crippen LogP contribution in [-0.2, 0) is 14.1 Å². The molecule has 13 heavy (non-hydrogen) atoms. The zero-order valence-electron chi connectivity index (χ0n) is 6.13.